The Balaban J connectivity index is 1.73. The van der Waals surface area contributed by atoms with Crippen LogP contribution in [0, 0.1) is 0 Å². The molecule has 30 heavy (non-hydrogen) atoms. The van der Waals surface area contributed by atoms with Crippen molar-refractivity contribution in [3.8, 4) is 5.69 Å². The Hall–Kier alpha value is -3.65. The number of nitrogens with zero attached hydrogens (tertiary/aromatic N) is 3. The van der Waals surface area contributed by atoms with E-state index < -0.39 is 11.5 Å². The zero-order valence-electron chi connectivity index (χ0n) is 16.0. The highest BCUT2D eigenvalue weighted by Crippen LogP contribution is 2.35. The number of amides is 1. The molecule has 0 radical (unpaired) electrons. The van der Waals surface area contributed by atoms with Crippen LogP contribution < -0.4 is 21.9 Å². The molecule has 1 aliphatic rings. The third-order valence-corrected chi connectivity index (χ3v) is 6.37. The van der Waals surface area contributed by atoms with E-state index >= 15 is 0 Å². The lowest BCUT2D eigenvalue weighted by atomic mass is 10.00. The number of carbonyl (C=O) groups is 1. The van der Waals surface area contributed by atoms with Crippen LogP contribution in [0.3, 0.4) is 0 Å². The minimum Gasteiger partial charge on any atom is -0.379 e. The van der Waals surface area contributed by atoms with Crippen LogP contribution in [0.5, 0.6) is 0 Å². The van der Waals surface area contributed by atoms with Gasteiger partial charge in [-0.25, -0.2) is 4.98 Å². The van der Waals surface area contributed by atoms with E-state index in [9.17, 15) is 9.59 Å². The number of hydrogen-bond acceptors (Lipinski definition) is 6. The first kappa shape index (κ1) is 18.4. The third kappa shape index (κ3) is 2.93. The number of aryl methyl sites for hydroxylation is 1. The molecule has 0 spiro atoms. The molecule has 0 bridgehead atoms. The fourth-order valence-corrected chi connectivity index (χ4v) is 4.83. The van der Waals surface area contributed by atoms with Crippen molar-refractivity contribution in [2.24, 2.45) is 5.73 Å². The number of primary amides is 1. The molecule has 2 aromatic carbocycles. The molecule has 1 aliphatic heterocycles. The zero-order chi connectivity index (χ0) is 20.8. The minimum absolute atomic E-state index is 0.113. The van der Waals surface area contributed by atoms with Crippen molar-refractivity contribution < 1.29 is 4.79 Å². The maximum Gasteiger partial charge on any atom is 0.298 e. The summed E-state index contributed by atoms with van der Waals surface area (Å²) >= 11 is 1.13. The number of benzene rings is 2. The van der Waals surface area contributed by atoms with Gasteiger partial charge in [0.1, 0.15) is 4.83 Å². The van der Waals surface area contributed by atoms with Gasteiger partial charge in [-0.2, -0.15) is 0 Å². The molecule has 0 atom stereocenters. The lowest BCUT2D eigenvalue weighted by Crippen LogP contribution is -2.26. The predicted molar refractivity (Wildman–Crippen MR) is 120 cm³/mol. The Labute approximate surface area is 176 Å². The standard InChI is InChI=1S/C22H19N5O2S/c23-19-22(29)27(17-12-18(20(24)28)30-21(17)25-19)15-9-8-13-5-4-10-26(16(13)11-15)14-6-2-1-3-7-14/h1-3,6-9,11-12H,4-5,10H2,(H2,23,25)(H2,24,28). The van der Waals surface area contributed by atoms with Gasteiger partial charge in [-0.3, -0.25) is 14.2 Å². The van der Waals surface area contributed by atoms with E-state index in [4.69, 9.17) is 11.5 Å². The minimum atomic E-state index is -0.559. The molecule has 0 aliphatic carbocycles. The third-order valence-electron chi connectivity index (χ3n) is 5.34. The topological polar surface area (TPSA) is 107 Å². The van der Waals surface area contributed by atoms with Crippen LogP contribution in [0.15, 0.2) is 59.4 Å². The summed E-state index contributed by atoms with van der Waals surface area (Å²) in [7, 11) is 0. The number of rotatable bonds is 3. The maximum atomic E-state index is 12.9. The Morgan fingerprint density at radius 2 is 1.87 bits per heavy atom. The Morgan fingerprint density at radius 3 is 2.63 bits per heavy atom. The lowest BCUT2D eigenvalue weighted by Gasteiger charge is -2.32. The molecule has 8 heteroatoms. The van der Waals surface area contributed by atoms with Crippen molar-refractivity contribution in [3.05, 3.63) is 75.4 Å². The smallest absolute Gasteiger partial charge is 0.298 e. The highest BCUT2D eigenvalue weighted by molar-refractivity contribution is 7.20. The lowest BCUT2D eigenvalue weighted by molar-refractivity contribution is 0.100. The molecule has 0 saturated carbocycles. The van der Waals surface area contributed by atoms with Gasteiger partial charge in [-0.1, -0.05) is 24.3 Å². The van der Waals surface area contributed by atoms with E-state index in [1.165, 1.54) is 10.1 Å². The van der Waals surface area contributed by atoms with E-state index in [0.717, 1.165) is 42.1 Å². The molecule has 150 valence electrons. The van der Waals surface area contributed by atoms with Gasteiger partial charge in [0, 0.05) is 17.9 Å². The van der Waals surface area contributed by atoms with Gasteiger partial charge >= 0.3 is 0 Å². The molecule has 4 N–H and O–H groups in total. The Kier molecular flexibility index (Phi) is 4.29. The van der Waals surface area contributed by atoms with Gasteiger partial charge in [-0.05, 0) is 48.7 Å². The monoisotopic (exact) mass is 417 g/mol. The molecule has 3 heterocycles. The highest BCUT2D eigenvalue weighted by atomic mass is 32.1. The van der Waals surface area contributed by atoms with Crippen molar-refractivity contribution >= 4 is 44.8 Å². The summed E-state index contributed by atoms with van der Waals surface area (Å²) in [5, 5.41) is 0. The summed E-state index contributed by atoms with van der Waals surface area (Å²) in [4.78, 5) is 31.8. The van der Waals surface area contributed by atoms with Crippen LogP contribution in [-0.2, 0) is 6.42 Å². The van der Waals surface area contributed by atoms with Gasteiger partial charge in [0.05, 0.1) is 16.1 Å². The molecule has 0 saturated heterocycles. The number of nitrogen functional groups attached to an aromatic ring is 1. The molecule has 1 amide bonds. The summed E-state index contributed by atoms with van der Waals surface area (Å²) in [5.74, 6) is -0.672. The van der Waals surface area contributed by atoms with E-state index in [1.807, 2.05) is 30.3 Å². The Bertz CT molecular complexity index is 1340. The second kappa shape index (κ2) is 7.00. The van der Waals surface area contributed by atoms with Crippen LogP contribution in [0.25, 0.3) is 16.0 Å². The second-order valence-corrected chi connectivity index (χ2v) is 8.24. The van der Waals surface area contributed by atoms with E-state index in [2.05, 4.69) is 28.1 Å². The maximum absolute atomic E-state index is 12.9. The number of fused-ring (bicyclic) bond motifs is 2. The number of nitrogens with two attached hydrogens (primary N) is 2. The summed E-state index contributed by atoms with van der Waals surface area (Å²) in [6.07, 6.45) is 2.03. The molecule has 0 unspecified atom stereocenters. The van der Waals surface area contributed by atoms with Crippen LogP contribution >= 0.6 is 11.3 Å². The number of aromatic nitrogens is 2. The predicted octanol–water partition coefficient (Wildman–Crippen LogP) is 3.21. The van der Waals surface area contributed by atoms with Crippen molar-refractivity contribution in [1.82, 2.24) is 9.55 Å². The molecular weight excluding hydrogens is 398 g/mol. The molecule has 7 nitrogen and oxygen atoms in total. The number of thiophene rings is 1. The molecule has 0 fully saturated rings. The van der Waals surface area contributed by atoms with Gasteiger partial charge in [0.25, 0.3) is 11.5 Å². The fraction of sp³-hybridized carbons (Fsp3) is 0.136. The largest absolute Gasteiger partial charge is 0.379 e. The summed E-state index contributed by atoms with van der Waals surface area (Å²) in [5.41, 5.74) is 15.5. The summed E-state index contributed by atoms with van der Waals surface area (Å²) in [6, 6.07) is 17.7. The molecule has 4 aromatic rings. The molecular formula is C22H19N5O2S. The van der Waals surface area contributed by atoms with E-state index in [-0.39, 0.29) is 5.82 Å². The van der Waals surface area contributed by atoms with E-state index in [1.54, 1.807) is 6.07 Å². The normalized spacial score (nSPS) is 13.4. The van der Waals surface area contributed by atoms with Gasteiger partial charge in [-0.15, -0.1) is 11.3 Å². The number of hydrogen-bond donors (Lipinski definition) is 2. The molecule has 5 rings (SSSR count). The van der Waals surface area contributed by atoms with Crippen LogP contribution in [0.2, 0.25) is 0 Å². The van der Waals surface area contributed by atoms with Crippen molar-refractivity contribution in [1.29, 1.82) is 0 Å². The van der Waals surface area contributed by atoms with Crippen molar-refractivity contribution in [3.63, 3.8) is 0 Å². The number of carbonyl (C=O) groups excluding carboxylic acids is 1. The van der Waals surface area contributed by atoms with Crippen LogP contribution in [0.4, 0.5) is 17.2 Å². The van der Waals surface area contributed by atoms with Gasteiger partial charge in [0.15, 0.2) is 5.82 Å². The number of para-hydroxylation sites is 1. The first-order valence-electron chi connectivity index (χ1n) is 9.60. The zero-order valence-corrected chi connectivity index (χ0v) is 16.9. The average molecular weight is 417 g/mol. The number of anilines is 3. The van der Waals surface area contributed by atoms with Gasteiger partial charge < -0.3 is 16.4 Å². The molecule has 2 aromatic heterocycles. The summed E-state index contributed by atoms with van der Waals surface area (Å²) < 4.78 is 1.51. The second-order valence-electron chi connectivity index (χ2n) is 7.21. The quantitative estimate of drug-likeness (QED) is 0.532. The van der Waals surface area contributed by atoms with Gasteiger partial charge in [0.2, 0.25) is 0 Å². The van der Waals surface area contributed by atoms with E-state index in [0.29, 0.717) is 20.9 Å². The Morgan fingerprint density at radius 1 is 1.07 bits per heavy atom. The first-order chi connectivity index (χ1) is 14.5. The summed E-state index contributed by atoms with van der Waals surface area (Å²) in [6.45, 7) is 0.896. The highest BCUT2D eigenvalue weighted by Gasteiger charge is 2.21. The first-order valence-corrected chi connectivity index (χ1v) is 10.4. The van der Waals surface area contributed by atoms with Crippen LogP contribution in [-0.4, -0.2) is 22.0 Å². The average Bonchev–Trinajstić information content (AvgIpc) is 3.18. The van der Waals surface area contributed by atoms with Crippen molar-refractivity contribution in [2.75, 3.05) is 17.2 Å². The fourth-order valence-electron chi connectivity index (χ4n) is 3.95. The van der Waals surface area contributed by atoms with Crippen molar-refractivity contribution in [2.45, 2.75) is 12.8 Å². The SMILES string of the molecule is NC(=O)c1cc2c(nc(N)c(=O)n2-c2ccc3c(c2)N(c2ccccc2)CCC3)s1. The van der Waals surface area contributed by atoms with Crippen LogP contribution in [0.1, 0.15) is 21.7 Å².